The molecule has 0 bridgehead atoms. The summed E-state index contributed by atoms with van der Waals surface area (Å²) in [6, 6.07) is 28.7. The molecule has 3 heteroatoms. The van der Waals surface area contributed by atoms with Crippen LogP contribution in [-0.4, -0.2) is 17.8 Å². The number of benzene rings is 3. The van der Waals surface area contributed by atoms with Crippen LogP contribution in [0.5, 0.6) is 0 Å². The van der Waals surface area contributed by atoms with E-state index < -0.39 is 0 Å². The molecule has 3 rings (SSSR count). The molecular formula is C21H22N2O. The Bertz CT molecular complexity index is 702. The Morgan fingerprint density at radius 3 is 1.62 bits per heavy atom. The molecular weight excluding hydrogens is 296 g/mol. The van der Waals surface area contributed by atoms with Crippen LogP contribution in [0, 0.1) is 0 Å². The second-order valence-electron chi connectivity index (χ2n) is 5.82. The Morgan fingerprint density at radius 1 is 0.708 bits per heavy atom. The van der Waals surface area contributed by atoms with Gasteiger partial charge in [0.2, 0.25) is 0 Å². The van der Waals surface area contributed by atoms with Gasteiger partial charge in [0.05, 0.1) is 6.61 Å². The van der Waals surface area contributed by atoms with Crippen LogP contribution in [-0.2, 0) is 6.42 Å². The minimum absolute atomic E-state index is 0.00189. The third-order valence-electron chi connectivity index (χ3n) is 3.96. The molecule has 1 unspecified atom stereocenters. The third-order valence-corrected chi connectivity index (χ3v) is 3.96. The number of anilines is 3. The number of nitrogens with two attached hydrogens (primary N) is 1. The van der Waals surface area contributed by atoms with E-state index in [2.05, 4.69) is 53.4 Å². The topological polar surface area (TPSA) is 49.5 Å². The van der Waals surface area contributed by atoms with Gasteiger partial charge in [-0.05, 0) is 48.4 Å². The number of nitrogens with zero attached hydrogens (tertiary/aromatic N) is 1. The van der Waals surface area contributed by atoms with E-state index >= 15 is 0 Å². The fourth-order valence-electron chi connectivity index (χ4n) is 2.75. The van der Waals surface area contributed by atoms with Crippen LogP contribution < -0.4 is 10.6 Å². The van der Waals surface area contributed by atoms with Crippen LogP contribution in [0.3, 0.4) is 0 Å². The Hall–Kier alpha value is -2.62. The molecule has 0 amide bonds. The molecule has 0 aliphatic carbocycles. The zero-order valence-corrected chi connectivity index (χ0v) is 13.5. The maximum Gasteiger partial charge on any atom is 0.0585 e. The van der Waals surface area contributed by atoms with Crippen molar-refractivity contribution in [3.05, 3.63) is 90.5 Å². The minimum atomic E-state index is -0.213. The Balaban J connectivity index is 1.94. The average molecular weight is 318 g/mol. The molecule has 122 valence electrons. The van der Waals surface area contributed by atoms with Gasteiger partial charge >= 0.3 is 0 Å². The molecule has 1 atom stereocenters. The molecule has 0 saturated heterocycles. The molecule has 0 radical (unpaired) electrons. The lowest BCUT2D eigenvalue weighted by Gasteiger charge is -2.25. The molecule has 0 spiro atoms. The van der Waals surface area contributed by atoms with E-state index in [0.717, 1.165) is 22.6 Å². The molecule has 3 N–H and O–H groups in total. The zero-order valence-electron chi connectivity index (χ0n) is 13.5. The lowest BCUT2D eigenvalue weighted by atomic mass is 10.1. The standard InChI is InChI=1S/C21H22N2O/c22-18(16-24)15-17-11-13-21(14-12-17)23(19-7-3-1-4-8-19)20-9-5-2-6-10-20/h1-14,18,24H,15-16,22H2. The van der Waals surface area contributed by atoms with Crippen molar-refractivity contribution in [2.75, 3.05) is 11.5 Å². The van der Waals surface area contributed by atoms with E-state index in [0.29, 0.717) is 6.42 Å². The predicted molar refractivity (Wildman–Crippen MR) is 99.9 cm³/mol. The van der Waals surface area contributed by atoms with Crippen molar-refractivity contribution in [2.24, 2.45) is 5.73 Å². The maximum absolute atomic E-state index is 9.10. The van der Waals surface area contributed by atoms with Crippen molar-refractivity contribution in [1.82, 2.24) is 0 Å². The van der Waals surface area contributed by atoms with Crippen molar-refractivity contribution >= 4 is 17.1 Å². The number of aliphatic hydroxyl groups excluding tert-OH is 1. The lowest BCUT2D eigenvalue weighted by Crippen LogP contribution is -2.26. The molecule has 0 saturated carbocycles. The first-order valence-electron chi connectivity index (χ1n) is 8.13. The van der Waals surface area contributed by atoms with Gasteiger partial charge in [-0.1, -0.05) is 48.5 Å². The molecule has 0 heterocycles. The van der Waals surface area contributed by atoms with E-state index in [-0.39, 0.29) is 12.6 Å². The van der Waals surface area contributed by atoms with Crippen LogP contribution in [0.4, 0.5) is 17.1 Å². The number of rotatable bonds is 6. The summed E-state index contributed by atoms with van der Waals surface area (Å²) in [5.41, 5.74) is 10.3. The maximum atomic E-state index is 9.10. The van der Waals surface area contributed by atoms with Crippen molar-refractivity contribution in [1.29, 1.82) is 0 Å². The Kier molecular flexibility index (Phi) is 5.26. The summed E-state index contributed by atoms with van der Waals surface area (Å²) in [5.74, 6) is 0. The van der Waals surface area contributed by atoms with Crippen LogP contribution in [0.2, 0.25) is 0 Å². The highest BCUT2D eigenvalue weighted by molar-refractivity contribution is 5.76. The quantitative estimate of drug-likeness (QED) is 0.722. The first-order chi connectivity index (χ1) is 11.8. The van der Waals surface area contributed by atoms with E-state index in [9.17, 15) is 0 Å². The molecule has 24 heavy (non-hydrogen) atoms. The lowest BCUT2D eigenvalue weighted by molar-refractivity contribution is 0.265. The summed E-state index contributed by atoms with van der Waals surface area (Å²) < 4.78 is 0. The molecule has 0 aliphatic rings. The van der Waals surface area contributed by atoms with Crippen LogP contribution >= 0.6 is 0 Å². The van der Waals surface area contributed by atoms with Crippen LogP contribution in [0.15, 0.2) is 84.9 Å². The van der Waals surface area contributed by atoms with E-state index in [1.807, 2.05) is 36.4 Å². The van der Waals surface area contributed by atoms with Crippen molar-refractivity contribution in [3.8, 4) is 0 Å². The van der Waals surface area contributed by atoms with Gasteiger partial charge in [0.25, 0.3) is 0 Å². The van der Waals surface area contributed by atoms with Gasteiger partial charge in [-0.15, -0.1) is 0 Å². The largest absolute Gasteiger partial charge is 0.395 e. The Labute approximate surface area is 143 Å². The summed E-state index contributed by atoms with van der Waals surface area (Å²) in [6.07, 6.45) is 0.674. The van der Waals surface area contributed by atoms with Gasteiger partial charge in [0.1, 0.15) is 0 Å². The minimum Gasteiger partial charge on any atom is -0.395 e. The highest BCUT2D eigenvalue weighted by Gasteiger charge is 2.11. The molecule has 0 fully saturated rings. The van der Waals surface area contributed by atoms with Gasteiger partial charge in [-0.2, -0.15) is 0 Å². The van der Waals surface area contributed by atoms with Gasteiger partial charge < -0.3 is 15.7 Å². The number of hydrogen-bond acceptors (Lipinski definition) is 3. The van der Waals surface area contributed by atoms with Crippen LogP contribution in [0.1, 0.15) is 5.56 Å². The van der Waals surface area contributed by atoms with Gasteiger partial charge in [-0.25, -0.2) is 0 Å². The Morgan fingerprint density at radius 2 is 1.17 bits per heavy atom. The summed E-state index contributed by atoms with van der Waals surface area (Å²) in [6.45, 7) is 0.00189. The van der Waals surface area contributed by atoms with Gasteiger partial charge in [0, 0.05) is 23.1 Å². The zero-order chi connectivity index (χ0) is 16.8. The summed E-state index contributed by atoms with van der Waals surface area (Å²) >= 11 is 0. The summed E-state index contributed by atoms with van der Waals surface area (Å²) in [4.78, 5) is 2.22. The molecule has 3 aromatic rings. The highest BCUT2D eigenvalue weighted by atomic mass is 16.3. The SMILES string of the molecule is NC(CO)Cc1ccc(N(c2ccccc2)c2ccccc2)cc1. The fourth-order valence-corrected chi connectivity index (χ4v) is 2.75. The van der Waals surface area contributed by atoms with Crippen molar-refractivity contribution in [2.45, 2.75) is 12.5 Å². The third kappa shape index (κ3) is 3.82. The fraction of sp³-hybridized carbons (Fsp3) is 0.143. The first-order valence-corrected chi connectivity index (χ1v) is 8.13. The number of para-hydroxylation sites is 2. The smallest absolute Gasteiger partial charge is 0.0585 e. The van der Waals surface area contributed by atoms with Crippen LogP contribution in [0.25, 0.3) is 0 Å². The van der Waals surface area contributed by atoms with Gasteiger partial charge in [0.15, 0.2) is 0 Å². The molecule has 3 nitrogen and oxygen atoms in total. The molecule has 3 aromatic carbocycles. The number of aliphatic hydroxyl groups is 1. The highest BCUT2D eigenvalue weighted by Crippen LogP contribution is 2.34. The van der Waals surface area contributed by atoms with E-state index in [1.165, 1.54) is 0 Å². The van der Waals surface area contributed by atoms with E-state index in [1.54, 1.807) is 0 Å². The number of hydrogen-bond donors (Lipinski definition) is 2. The second-order valence-corrected chi connectivity index (χ2v) is 5.82. The monoisotopic (exact) mass is 318 g/mol. The normalized spacial score (nSPS) is 11.9. The second kappa shape index (κ2) is 7.77. The van der Waals surface area contributed by atoms with Gasteiger partial charge in [-0.3, -0.25) is 0 Å². The predicted octanol–water partition coefficient (Wildman–Crippen LogP) is 4.02. The summed E-state index contributed by atoms with van der Waals surface area (Å²) in [7, 11) is 0. The summed E-state index contributed by atoms with van der Waals surface area (Å²) in [5, 5.41) is 9.10. The van der Waals surface area contributed by atoms with E-state index in [4.69, 9.17) is 10.8 Å². The molecule has 0 aliphatic heterocycles. The first kappa shape index (κ1) is 16.2. The molecule has 0 aromatic heterocycles. The van der Waals surface area contributed by atoms with Crippen molar-refractivity contribution in [3.63, 3.8) is 0 Å². The average Bonchev–Trinajstić information content (AvgIpc) is 2.65. The van der Waals surface area contributed by atoms with Crippen molar-refractivity contribution < 1.29 is 5.11 Å².